The van der Waals surface area contributed by atoms with Gasteiger partial charge in [-0.15, -0.1) is 0 Å². The highest BCUT2D eigenvalue weighted by Gasteiger charge is 2.39. The van der Waals surface area contributed by atoms with Gasteiger partial charge in [-0.3, -0.25) is 9.59 Å². The van der Waals surface area contributed by atoms with Crippen LogP contribution < -0.4 is 15.4 Å². The number of rotatable bonds is 17. The first-order chi connectivity index (χ1) is 20.7. The number of pyridine rings is 1. The second-order valence-electron chi connectivity index (χ2n) is 11.1. The minimum absolute atomic E-state index is 0.0141. The van der Waals surface area contributed by atoms with Crippen molar-refractivity contribution < 1.29 is 36.3 Å². The molecule has 1 unspecified atom stereocenters. The number of anilines is 1. The lowest BCUT2D eigenvalue weighted by Gasteiger charge is -2.24. The van der Waals surface area contributed by atoms with Crippen molar-refractivity contribution in [3.63, 3.8) is 0 Å². The maximum atomic E-state index is 13.1. The molecule has 44 heavy (non-hydrogen) atoms. The van der Waals surface area contributed by atoms with E-state index >= 15 is 0 Å². The normalized spacial score (nSPS) is 18.2. The van der Waals surface area contributed by atoms with E-state index in [-0.39, 0.29) is 23.7 Å². The summed E-state index contributed by atoms with van der Waals surface area (Å²) >= 11 is 0. The predicted octanol–water partition coefficient (Wildman–Crippen LogP) is 1.80. The average molecular weight is 654 g/mol. The summed E-state index contributed by atoms with van der Waals surface area (Å²) in [6.45, 7) is 6.35. The van der Waals surface area contributed by atoms with Gasteiger partial charge in [-0.1, -0.05) is 37.1 Å². The van der Waals surface area contributed by atoms with Crippen LogP contribution in [0.3, 0.4) is 0 Å². The van der Waals surface area contributed by atoms with E-state index in [2.05, 4.69) is 20.3 Å². The zero-order valence-corrected chi connectivity index (χ0v) is 27.2. The molecule has 13 nitrogen and oxygen atoms in total. The van der Waals surface area contributed by atoms with Gasteiger partial charge in [0.1, 0.15) is 12.4 Å². The number of carboxylic acids is 1. The topological polar surface area (TPSA) is 184 Å². The predicted molar refractivity (Wildman–Crippen MR) is 166 cm³/mol. The molecule has 0 radical (unpaired) electrons. The van der Waals surface area contributed by atoms with Crippen LogP contribution in [-0.4, -0.2) is 93.8 Å². The SMILES string of the molecule is CCCCS(=O)(=O)N1C[C@H](OCC(=O)NCC(CNS(=O)(=O)c2c(C)cc(C)cc2C)C(=O)O)C[C@H]1CNc1ccccn1. The molecule has 1 aliphatic heterocycles. The van der Waals surface area contributed by atoms with Gasteiger partial charge in [0.2, 0.25) is 26.0 Å². The van der Waals surface area contributed by atoms with Crippen molar-refractivity contribution >= 4 is 37.7 Å². The molecule has 1 aromatic carbocycles. The van der Waals surface area contributed by atoms with Gasteiger partial charge in [0.15, 0.2) is 0 Å². The third kappa shape index (κ3) is 9.95. The summed E-state index contributed by atoms with van der Waals surface area (Å²) in [5.74, 6) is -2.48. The van der Waals surface area contributed by atoms with E-state index in [1.807, 2.05) is 19.9 Å². The first-order valence-corrected chi connectivity index (χ1v) is 17.7. The number of unbranched alkanes of at least 4 members (excludes halogenated alkanes) is 1. The molecule has 3 rings (SSSR count). The smallest absolute Gasteiger partial charge is 0.309 e. The number of ether oxygens (including phenoxy) is 1. The average Bonchev–Trinajstić information content (AvgIpc) is 3.37. The Labute approximate surface area is 259 Å². The molecule has 0 spiro atoms. The molecular weight excluding hydrogens is 610 g/mol. The minimum Gasteiger partial charge on any atom is -0.481 e. The van der Waals surface area contributed by atoms with Crippen LogP contribution in [0, 0.1) is 26.7 Å². The maximum Gasteiger partial charge on any atom is 0.309 e. The van der Waals surface area contributed by atoms with E-state index in [1.54, 1.807) is 44.3 Å². The standard InChI is InChI=1S/C29H43N5O8S2/c1-5-6-11-43(38,39)34-18-25(14-24(34)17-31-26-9-7-8-10-30-26)42-19-27(35)32-15-23(29(36)37)16-33-44(40,41)28-21(3)12-20(2)13-22(28)4/h7-10,12-13,23-25,33H,5-6,11,14-19H2,1-4H3,(H,30,31)(H,32,35)(H,36,37)/t23?,24-,25+/m0/s1. The van der Waals surface area contributed by atoms with Crippen LogP contribution >= 0.6 is 0 Å². The lowest BCUT2D eigenvalue weighted by atomic mass is 10.1. The Kier molecular flexibility index (Phi) is 12.7. The highest BCUT2D eigenvalue weighted by atomic mass is 32.2. The number of benzene rings is 1. The van der Waals surface area contributed by atoms with Crippen molar-refractivity contribution in [3.8, 4) is 0 Å². The number of hydrogen-bond donors (Lipinski definition) is 4. The van der Waals surface area contributed by atoms with Crippen molar-refractivity contribution in [2.24, 2.45) is 5.92 Å². The Morgan fingerprint density at radius 2 is 1.82 bits per heavy atom. The van der Waals surface area contributed by atoms with E-state index in [9.17, 15) is 31.5 Å². The van der Waals surface area contributed by atoms with Gasteiger partial charge in [-0.2, -0.15) is 4.31 Å². The highest BCUT2D eigenvalue weighted by molar-refractivity contribution is 7.89. The van der Waals surface area contributed by atoms with E-state index < -0.39 is 63.1 Å². The minimum atomic E-state index is -3.99. The zero-order chi connectivity index (χ0) is 32.5. The Morgan fingerprint density at radius 1 is 1.11 bits per heavy atom. The van der Waals surface area contributed by atoms with Crippen molar-refractivity contribution in [1.29, 1.82) is 0 Å². The molecule has 2 aromatic rings. The van der Waals surface area contributed by atoms with Crippen LogP contribution in [0.15, 0.2) is 41.4 Å². The lowest BCUT2D eigenvalue weighted by Crippen LogP contribution is -2.42. The maximum absolute atomic E-state index is 13.1. The number of aliphatic carboxylic acids is 1. The zero-order valence-electron chi connectivity index (χ0n) is 25.6. The summed E-state index contributed by atoms with van der Waals surface area (Å²) in [5.41, 5.74) is 2.00. The Morgan fingerprint density at radius 3 is 2.43 bits per heavy atom. The number of aryl methyl sites for hydroxylation is 3. The summed E-state index contributed by atoms with van der Waals surface area (Å²) in [7, 11) is -7.54. The molecule has 1 fully saturated rings. The van der Waals surface area contributed by atoms with Gasteiger partial charge in [0, 0.05) is 38.4 Å². The second kappa shape index (κ2) is 15.8. The Balaban J connectivity index is 1.55. The first-order valence-electron chi connectivity index (χ1n) is 14.6. The molecular formula is C29H43N5O8S2. The molecule has 1 aliphatic rings. The van der Waals surface area contributed by atoms with Crippen molar-refractivity contribution in [1.82, 2.24) is 19.3 Å². The molecule has 0 saturated carbocycles. The van der Waals surface area contributed by atoms with E-state index in [0.717, 1.165) is 12.0 Å². The third-order valence-electron chi connectivity index (χ3n) is 7.36. The molecule has 0 bridgehead atoms. The summed E-state index contributed by atoms with van der Waals surface area (Å²) in [6.07, 6.45) is 2.70. The molecule has 4 N–H and O–H groups in total. The molecule has 1 saturated heterocycles. The molecule has 3 atom stereocenters. The summed E-state index contributed by atoms with van der Waals surface area (Å²) in [5, 5.41) is 15.3. The van der Waals surface area contributed by atoms with E-state index in [1.165, 1.54) is 4.31 Å². The number of aromatic nitrogens is 1. The lowest BCUT2D eigenvalue weighted by molar-refractivity contribution is -0.141. The summed E-state index contributed by atoms with van der Waals surface area (Å²) in [4.78, 5) is 28.7. The molecule has 0 aliphatic carbocycles. The number of carboxylic acid groups (broad SMARTS) is 1. The fourth-order valence-corrected chi connectivity index (χ4v) is 8.65. The van der Waals surface area contributed by atoms with Gasteiger partial charge in [0.25, 0.3) is 0 Å². The molecule has 2 heterocycles. The molecule has 244 valence electrons. The summed E-state index contributed by atoms with van der Waals surface area (Å²) in [6, 6.07) is 8.45. The van der Waals surface area contributed by atoms with Gasteiger partial charge >= 0.3 is 5.97 Å². The second-order valence-corrected chi connectivity index (χ2v) is 14.8. The summed E-state index contributed by atoms with van der Waals surface area (Å²) < 4.78 is 61.5. The van der Waals surface area contributed by atoms with Crippen LogP contribution in [0.25, 0.3) is 0 Å². The van der Waals surface area contributed by atoms with Crippen LogP contribution in [0.5, 0.6) is 0 Å². The highest BCUT2D eigenvalue weighted by Crippen LogP contribution is 2.25. The van der Waals surface area contributed by atoms with Gasteiger partial charge in [-0.05, 0) is 56.9 Å². The largest absolute Gasteiger partial charge is 0.481 e. The van der Waals surface area contributed by atoms with Crippen LogP contribution in [-0.2, 0) is 34.4 Å². The van der Waals surface area contributed by atoms with Crippen molar-refractivity contribution in [2.45, 2.75) is 64.0 Å². The van der Waals surface area contributed by atoms with Gasteiger partial charge in [-0.25, -0.2) is 26.5 Å². The monoisotopic (exact) mass is 653 g/mol. The van der Waals surface area contributed by atoms with Crippen LogP contribution in [0.4, 0.5) is 5.82 Å². The van der Waals surface area contributed by atoms with Gasteiger partial charge in [0.05, 0.1) is 22.7 Å². The number of amides is 1. The fourth-order valence-electron chi connectivity index (χ4n) is 5.23. The number of nitrogens with zero attached hydrogens (tertiary/aromatic N) is 2. The Hall–Kier alpha value is -3.11. The number of carbonyl (C=O) groups excluding carboxylic acids is 1. The fraction of sp³-hybridized carbons (Fsp3) is 0.552. The first kappa shape index (κ1) is 35.4. The number of hydrogen-bond acceptors (Lipinski definition) is 9. The quantitative estimate of drug-likeness (QED) is 0.196. The number of carbonyl (C=O) groups is 2. The van der Waals surface area contributed by atoms with Gasteiger partial charge < -0.3 is 20.5 Å². The molecule has 1 amide bonds. The van der Waals surface area contributed by atoms with Crippen molar-refractivity contribution in [2.75, 3.05) is 43.9 Å². The van der Waals surface area contributed by atoms with E-state index in [0.29, 0.717) is 36.3 Å². The van der Waals surface area contributed by atoms with E-state index in [4.69, 9.17) is 4.74 Å². The third-order valence-corrected chi connectivity index (χ3v) is 11.1. The van der Waals surface area contributed by atoms with Crippen LogP contribution in [0.2, 0.25) is 0 Å². The molecule has 1 aromatic heterocycles. The van der Waals surface area contributed by atoms with Crippen molar-refractivity contribution in [3.05, 3.63) is 53.2 Å². The molecule has 15 heteroatoms. The number of nitrogens with one attached hydrogen (secondary N) is 3. The number of sulfonamides is 2. The Bertz CT molecular complexity index is 1480. The van der Waals surface area contributed by atoms with Crippen LogP contribution in [0.1, 0.15) is 42.9 Å².